The number of nitrogens with one attached hydrogen (secondary N) is 2. The minimum atomic E-state index is 0.00513. The van der Waals surface area contributed by atoms with Gasteiger partial charge >= 0.3 is 0 Å². The van der Waals surface area contributed by atoms with Crippen molar-refractivity contribution in [1.82, 2.24) is 20.2 Å². The van der Waals surface area contributed by atoms with Crippen LogP contribution in [0.25, 0.3) is 22.5 Å². The minimum absolute atomic E-state index is 0.00513. The first-order chi connectivity index (χ1) is 15.2. The summed E-state index contributed by atoms with van der Waals surface area (Å²) in [6.07, 6.45) is 3.92. The molecule has 7 heteroatoms. The standard InChI is InChI=1S/C24H26ClN5O/c25-20-4-3-17(15-19(20)24(31)30-11-1-2-12-30)22-16-18(7-8-27-22)21-5-6-23(28-21)29-13-9-26-10-14-29/h3-8,15-16,26,28H,1-2,9-14H2. The summed E-state index contributed by atoms with van der Waals surface area (Å²) in [5.41, 5.74) is 4.38. The fraction of sp³-hybridized carbons (Fsp3) is 0.333. The third-order valence-corrected chi connectivity index (χ3v) is 6.41. The van der Waals surface area contributed by atoms with E-state index in [9.17, 15) is 4.79 Å². The van der Waals surface area contributed by atoms with Crippen LogP contribution < -0.4 is 10.2 Å². The van der Waals surface area contributed by atoms with Gasteiger partial charge in [-0.1, -0.05) is 17.7 Å². The molecule has 2 fully saturated rings. The van der Waals surface area contributed by atoms with Crippen LogP contribution in [0.5, 0.6) is 0 Å². The van der Waals surface area contributed by atoms with Gasteiger partial charge in [-0.3, -0.25) is 9.78 Å². The quantitative estimate of drug-likeness (QED) is 0.649. The topological polar surface area (TPSA) is 64.3 Å². The first-order valence-corrected chi connectivity index (χ1v) is 11.3. The average Bonchev–Trinajstić information content (AvgIpc) is 3.52. The van der Waals surface area contributed by atoms with Crippen LogP contribution in [-0.2, 0) is 0 Å². The molecule has 1 aromatic carbocycles. The van der Waals surface area contributed by atoms with Crippen molar-refractivity contribution in [1.29, 1.82) is 0 Å². The van der Waals surface area contributed by atoms with Crippen molar-refractivity contribution in [2.75, 3.05) is 44.2 Å². The number of rotatable bonds is 4. The van der Waals surface area contributed by atoms with E-state index in [0.717, 1.165) is 80.4 Å². The lowest BCUT2D eigenvalue weighted by Gasteiger charge is -2.28. The van der Waals surface area contributed by atoms with Crippen molar-refractivity contribution in [3.05, 3.63) is 59.2 Å². The summed E-state index contributed by atoms with van der Waals surface area (Å²) < 4.78 is 0. The molecule has 2 aromatic heterocycles. The number of hydrogen-bond donors (Lipinski definition) is 2. The molecule has 5 rings (SSSR count). The number of aromatic nitrogens is 2. The predicted molar refractivity (Wildman–Crippen MR) is 125 cm³/mol. The number of pyridine rings is 1. The van der Waals surface area contributed by atoms with Gasteiger partial charge in [0.15, 0.2) is 0 Å². The molecular weight excluding hydrogens is 410 g/mol. The van der Waals surface area contributed by atoms with Crippen molar-refractivity contribution in [3.63, 3.8) is 0 Å². The number of halogens is 1. The van der Waals surface area contributed by atoms with E-state index in [0.29, 0.717) is 10.6 Å². The third-order valence-electron chi connectivity index (χ3n) is 6.09. The molecule has 2 aliphatic heterocycles. The van der Waals surface area contributed by atoms with E-state index in [2.05, 4.69) is 38.4 Å². The Morgan fingerprint density at radius 1 is 0.935 bits per heavy atom. The molecule has 0 spiro atoms. The van der Waals surface area contributed by atoms with Crippen LogP contribution in [-0.4, -0.2) is 60.0 Å². The molecule has 2 saturated heterocycles. The number of aromatic amines is 1. The van der Waals surface area contributed by atoms with Gasteiger partial charge in [0.25, 0.3) is 5.91 Å². The molecule has 31 heavy (non-hydrogen) atoms. The Kier molecular flexibility index (Phi) is 5.66. The van der Waals surface area contributed by atoms with E-state index in [1.807, 2.05) is 29.3 Å². The molecule has 0 bridgehead atoms. The van der Waals surface area contributed by atoms with Crippen LogP contribution in [0.3, 0.4) is 0 Å². The van der Waals surface area contributed by atoms with Crippen LogP contribution in [0.15, 0.2) is 48.7 Å². The fourth-order valence-electron chi connectivity index (χ4n) is 4.34. The second kappa shape index (κ2) is 8.73. The summed E-state index contributed by atoms with van der Waals surface area (Å²) in [7, 11) is 0. The van der Waals surface area contributed by atoms with Gasteiger partial charge in [-0.2, -0.15) is 0 Å². The first kappa shape index (κ1) is 20.1. The molecule has 0 saturated carbocycles. The summed E-state index contributed by atoms with van der Waals surface area (Å²) in [4.78, 5) is 25.2. The second-order valence-electron chi connectivity index (χ2n) is 8.12. The summed E-state index contributed by atoms with van der Waals surface area (Å²) in [6.45, 7) is 5.61. The number of nitrogens with zero attached hydrogens (tertiary/aromatic N) is 3. The average molecular weight is 436 g/mol. The third kappa shape index (κ3) is 4.18. The van der Waals surface area contributed by atoms with E-state index >= 15 is 0 Å². The molecule has 2 aliphatic rings. The molecule has 6 nitrogen and oxygen atoms in total. The zero-order valence-corrected chi connectivity index (χ0v) is 18.2. The number of carbonyl (C=O) groups is 1. The van der Waals surface area contributed by atoms with Crippen LogP contribution >= 0.6 is 11.6 Å². The molecule has 2 N–H and O–H groups in total. The Balaban J connectivity index is 1.42. The lowest BCUT2D eigenvalue weighted by atomic mass is 10.0. The maximum absolute atomic E-state index is 12.9. The molecule has 1 amide bonds. The minimum Gasteiger partial charge on any atom is -0.356 e. The SMILES string of the molecule is O=C(c1cc(-c2cc(-c3ccc(N4CCNCC4)[nH]3)ccn2)ccc1Cl)N1CCCC1. The lowest BCUT2D eigenvalue weighted by molar-refractivity contribution is 0.0793. The van der Waals surface area contributed by atoms with Gasteiger partial charge in [0, 0.05) is 62.3 Å². The van der Waals surface area contributed by atoms with Gasteiger partial charge in [-0.05, 0) is 49.2 Å². The van der Waals surface area contributed by atoms with E-state index in [4.69, 9.17) is 11.6 Å². The second-order valence-corrected chi connectivity index (χ2v) is 8.53. The fourth-order valence-corrected chi connectivity index (χ4v) is 4.54. The highest BCUT2D eigenvalue weighted by Gasteiger charge is 2.22. The van der Waals surface area contributed by atoms with Crippen molar-refractivity contribution in [2.45, 2.75) is 12.8 Å². The highest BCUT2D eigenvalue weighted by atomic mass is 35.5. The Morgan fingerprint density at radius 3 is 2.55 bits per heavy atom. The molecule has 0 aliphatic carbocycles. The highest BCUT2D eigenvalue weighted by Crippen LogP contribution is 2.29. The zero-order chi connectivity index (χ0) is 21.2. The number of hydrogen-bond acceptors (Lipinski definition) is 4. The molecule has 4 heterocycles. The monoisotopic (exact) mass is 435 g/mol. The van der Waals surface area contributed by atoms with Gasteiger partial charge in [-0.25, -0.2) is 0 Å². The normalized spacial score (nSPS) is 16.7. The molecular formula is C24H26ClN5O. The highest BCUT2D eigenvalue weighted by molar-refractivity contribution is 6.34. The first-order valence-electron chi connectivity index (χ1n) is 10.9. The predicted octanol–water partition coefficient (Wildman–Crippen LogP) is 4.04. The maximum Gasteiger partial charge on any atom is 0.255 e. The summed E-state index contributed by atoms with van der Waals surface area (Å²) in [5.74, 6) is 1.14. The number of H-pyrrole nitrogens is 1. The van der Waals surface area contributed by atoms with Gasteiger partial charge < -0.3 is 20.1 Å². The van der Waals surface area contributed by atoms with E-state index < -0.39 is 0 Å². The zero-order valence-electron chi connectivity index (χ0n) is 17.4. The molecule has 0 radical (unpaired) electrons. The number of benzene rings is 1. The summed E-state index contributed by atoms with van der Waals surface area (Å²) >= 11 is 6.38. The Bertz CT molecular complexity index is 1080. The van der Waals surface area contributed by atoms with E-state index in [1.165, 1.54) is 0 Å². The van der Waals surface area contributed by atoms with Crippen molar-refractivity contribution in [2.24, 2.45) is 0 Å². The van der Waals surface area contributed by atoms with Gasteiger partial charge in [-0.15, -0.1) is 0 Å². The van der Waals surface area contributed by atoms with Gasteiger partial charge in [0.05, 0.1) is 16.3 Å². The molecule has 3 aromatic rings. The number of anilines is 1. The van der Waals surface area contributed by atoms with Crippen LogP contribution in [0, 0.1) is 0 Å². The Labute approximate surface area is 187 Å². The molecule has 160 valence electrons. The Morgan fingerprint density at radius 2 is 1.74 bits per heavy atom. The van der Waals surface area contributed by atoms with Crippen LogP contribution in [0.4, 0.5) is 5.82 Å². The number of amides is 1. The maximum atomic E-state index is 12.9. The number of piperazine rings is 1. The molecule has 0 atom stereocenters. The van der Waals surface area contributed by atoms with E-state index in [1.54, 1.807) is 6.07 Å². The molecule has 0 unspecified atom stereocenters. The smallest absolute Gasteiger partial charge is 0.255 e. The van der Waals surface area contributed by atoms with Crippen LogP contribution in [0.1, 0.15) is 23.2 Å². The van der Waals surface area contributed by atoms with Crippen LogP contribution in [0.2, 0.25) is 5.02 Å². The lowest BCUT2D eigenvalue weighted by Crippen LogP contribution is -2.43. The number of likely N-dealkylation sites (tertiary alicyclic amines) is 1. The largest absolute Gasteiger partial charge is 0.356 e. The van der Waals surface area contributed by atoms with Crippen molar-refractivity contribution < 1.29 is 4.79 Å². The Hall–Kier alpha value is -2.83. The van der Waals surface area contributed by atoms with Crippen molar-refractivity contribution >= 4 is 23.3 Å². The summed E-state index contributed by atoms with van der Waals surface area (Å²) in [5, 5.41) is 3.87. The van der Waals surface area contributed by atoms with Gasteiger partial charge in [0.2, 0.25) is 0 Å². The summed E-state index contributed by atoms with van der Waals surface area (Å²) in [6, 6.07) is 13.9. The van der Waals surface area contributed by atoms with Crippen molar-refractivity contribution in [3.8, 4) is 22.5 Å². The van der Waals surface area contributed by atoms with Gasteiger partial charge in [0.1, 0.15) is 5.82 Å². The number of carbonyl (C=O) groups excluding carboxylic acids is 1. The van der Waals surface area contributed by atoms with E-state index in [-0.39, 0.29) is 5.91 Å².